The van der Waals surface area contributed by atoms with Gasteiger partial charge in [-0.25, -0.2) is 13.2 Å². The second-order valence-electron chi connectivity index (χ2n) is 5.35. The van der Waals surface area contributed by atoms with Gasteiger partial charge in [-0.05, 0) is 11.6 Å². The molecule has 8 heteroatoms. The van der Waals surface area contributed by atoms with Gasteiger partial charge in [0.05, 0.1) is 11.8 Å². The number of anilines is 1. The Morgan fingerprint density at radius 2 is 2.05 bits per heavy atom. The molecule has 2 aliphatic heterocycles. The first-order valence-corrected chi connectivity index (χ1v) is 8.44. The van der Waals surface area contributed by atoms with Gasteiger partial charge in [0.1, 0.15) is 0 Å². The molecule has 7 nitrogen and oxygen atoms in total. The molecule has 1 atom stereocenters. The molecule has 0 spiro atoms. The molecule has 21 heavy (non-hydrogen) atoms. The Hall–Kier alpha value is -1.80. The lowest BCUT2D eigenvalue weighted by Crippen LogP contribution is -2.53. The number of para-hydroxylation sites is 1. The van der Waals surface area contributed by atoms with Crippen molar-refractivity contribution in [3.05, 3.63) is 29.8 Å². The number of piperazine rings is 1. The minimum Gasteiger partial charge on any atom is -0.398 e. The lowest BCUT2D eigenvalue weighted by molar-refractivity contribution is 0.164. The summed E-state index contributed by atoms with van der Waals surface area (Å²) in [6.07, 6.45) is 0. The van der Waals surface area contributed by atoms with Crippen LogP contribution in [0.25, 0.3) is 0 Å². The lowest BCUT2D eigenvalue weighted by Gasteiger charge is -2.35. The number of nitrogens with one attached hydrogen (secondary N) is 1. The van der Waals surface area contributed by atoms with Crippen LogP contribution in [0.3, 0.4) is 0 Å². The summed E-state index contributed by atoms with van der Waals surface area (Å²) in [4.78, 5) is 13.2. The number of nitrogens with two attached hydrogens (primary N) is 1. The molecule has 0 bridgehead atoms. The Morgan fingerprint density at radius 3 is 2.81 bits per heavy atom. The van der Waals surface area contributed by atoms with Gasteiger partial charge in [0.25, 0.3) is 0 Å². The van der Waals surface area contributed by atoms with Gasteiger partial charge in [0, 0.05) is 31.9 Å². The number of carbonyl (C=O) groups excluding carboxylic acids is 1. The number of urea groups is 1. The third kappa shape index (κ3) is 2.68. The molecular formula is C13H18N4O3S. The van der Waals surface area contributed by atoms with Gasteiger partial charge in [-0.3, -0.25) is 0 Å². The first-order valence-electron chi connectivity index (χ1n) is 6.83. The van der Waals surface area contributed by atoms with Crippen LogP contribution in [0.4, 0.5) is 10.5 Å². The van der Waals surface area contributed by atoms with Crippen LogP contribution in [-0.4, -0.2) is 55.9 Å². The molecule has 0 radical (unpaired) electrons. The van der Waals surface area contributed by atoms with Crippen molar-refractivity contribution in [2.24, 2.45) is 0 Å². The van der Waals surface area contributed by atoms with Crippen molar-refractivity contribution in [1.29, 1.82) is 0 Å². The normalized spacial score (nSPS) is 23.0. The number of rotatable bonds is 3. The number of hydrogen-bond acceptors (Lipinski definition) is 4. The summed E-state index contributed by atoms with van der Waals surface area (Å²) in [7, 11) is -3.43. The smallest absolute Gasteiger partial charge is 0.317 e. The third-order valence-electron chi connectivity index (χ3n) is 3.98. The number of amides is 2. The van der Waals surface area contributed by atoms with Gasteiger partial charge < -0.3 is 16.0 Å². The highest BCUT2D eigenvalue weighted by Crippen LogP contribution is 2.21. The summed E-state index contributed by atoms with van der Waals surface area (Å²) < 4.78 is 26.5. The van der Waals surface area contributed by atoms with Crippen molar-refractivity contribution >= 4 is 21.7 Å². The van der Waals surface area contributed by atoms with Crippen LogP contribution >= 0.6 is 0 Å². The molecule has 1 aromatic carbocycles. The number of carbonyl (C=O) groups is 1. The van der Waals surface area contributed by atoms with Gasteiger partial charge in [-0.1, -0.05) is 18.2 Å². The van der Waals surface area contributed by atoms with Crippen molar-refractivity contribution in [2.45, 2.75) is 11.8 Å². The van der Waals surface area contributed by atoms with Gasteiger partial charge in [0.15, 0.2) is 0 Å². The molecule has 2 saturated heterocycles. The van der Waals surface area contributed by atoms with E-state index in [-0.39, 0.29) is 17.8 Å². The molecule has 0 saturated carbocycles. The minimum absolute atomic E-state index is 0.0749. The van der Waals surface area contributed by atoms with E-state index >= 15 is 0 Å². The molecule has 1 unspecified atom stereocenters. The maximum absolute atomic E-state index is 12.5. The largest absolute Gasteiger partial charge is 0.398 e. The maximum Gasteiger partial charge on any atom is 0.317 e. The quantitative estimate of drug-likeness (QED) is 0.756. The van der Waals surface area contributed by atoms with Crippen LogP contribution in [0.5, 0.6) is 0 Å². The average Bonchev–Trinajstić information content (AvgIpc) is 2.82. The first kappa shape index (κ1) is 14.2. The Morgan fingerprint density at radius 1 is 1.29 bits per heavy atom. The SMILES string of the molecule is Nc1ccccc1CS(=O)(=O)N1CCN2C(=O)NCC2C1. The van der Waals surface area contributed by atoms with E-state index in [1.165, 1.54) is 4.31 Å². The Balaban J connectivity index is 1.74. The predicted molar refractivity (Wildman–Crippen MR) is 78.9 cm³/mol. The van der Waals surface area contributed by atoms with Crippen LogP contribution in [0.1, 0.15) is 5.56 Å². The summed E-state index contributed by atoms with van der Waals surface area (Å²) in [5.41, 5.74) is 6.91. The van der Waals surface area contributed by atoms with Crippen molar-refractivity contribution in [1.82, 2.24) is 14.5 Å². The van der Waals surface area contributed by atoms with E-state index in [0.717, 1.165) is 0 Å². The van der Waals surface area contributed by atoms with E-state index < -0.39 is 10.0 Å². The van der Waals surface area contributed by atoms with Gasteiger partial charge in [0.2, 0.25) is 10.0 Å². The average molecular weight is 310 g/mol. The first-order chi connectivity index (χ1) is 9.97. The Kier molecular flexibility index (Phi) is 3.50. The fourth-order valence-electron chi connectivity index (χ4n) is 2.78. The molecule has 2 aliphatic rings. The fourth-order valence-corrected chi connectivity index (χ4v) is 4.38. The van der Waals surface area contributed by atoms with E-state index in [1.807, 2.05) is 0 Å². The van der Waals surface area contributed by atoms with Crippen LogP contribution in [-0.2, 0) is 15.8 Å². The standard InChI is InChI=1S/C13H18N4O3S/c14-12-4-2-1-3-10(12)9-21(19,20)16-5-6-17-11(8-16)7-15-13(17)18/h1-4,11H,5-9,14H2,(H,15,18). The van der Waals surface area contributed by atoms with E-state index in [0.29, 0.717) is 37.4 Å². The monoisotopic (exact) mass is 310 g/mol. The van der Waals surface area contributed by atoms with E-state index in [4.69, 9.17) is 5.73 Å². The van der Waals surface area contributed by atoms with Gasteiger partial charge in [-0.2, -0.15) is 4.31 Å². The molecule has 2 amide bonds. The van der Waals surface area contributed by atoms with Crippen LogP contribution in [0, 0.1) is 0 Å². The molecule has 114 valence electrons. The van der Waals surface area contributed by atoms with E-state index in [2.05, 4.69) is 5.32 Å². The summed E-state index contributed by atoms with van der Waals surface area (Å²) in [6.45, 7) is 1.60. The summed E-state index contributed by atoms with van der Waals surface area (Å²) in [5.74, 6) is -0.103. The second-order valence-corrected chi connectivity index (χ2v) is 7.32. The fraction of sp³-hybridized carbons (Fsp3) is 0.462. The number of nitrogen functional groups attached to an aromatic ring is 1. The zero-order valence-electron chi connectivity index (χ0n) is 11.5. The van der Waals surface area contributed by atoms with Crippen LogP contribution in [0.2, 0.25) is 0 Å². The number of hydrogen-bond donors (Lipinski definition) is 2. The topological polar surface area (TPSA) is 95.7 Å². The second kappa shape index (κ2) is 5.19. The molecule has 0 aromatic heterocycles. The van der Waals surface area contributed by atoms with Crippen molar-refractivity contribution in [2.75, 3.05) is 31.9 Å². The molecule has 0 aliphatic carbocycles. The zero-order valence-corrected chi connectivity index (χ0v) is 12.3. The molecular weight excluding hydrogens is 292 g/mol. The highest BCUT2D eigenvalue weighted by atomic mass is 32.2. The van der Waals surface area contributed by atoms with Gasteiger partial charge in [-0.15, -0.1) is 0 Å². The summed E-state index contributed by atoms with van der Waals surface area (Å²) >= 11 is 0. The Labute approximate surface area is 123 Å². The van der Waals surface area contributed by atoms with E-state index in [1.54, 1.807) is 29.2 Å². The number of benzene rings is 1. The van der Waals surface area contributed by atoms with Crippen molar-refractivity contribution < 1.29 is 13.2 Å². The zero-order chi connectivity index (χ0) is 15.0. The highest BCUT2D eigenvalue weighted by Gasteiger charge is 2.39. The summed E-state index contributed by atoms with van der Waals surface area (Å²) in [5, 5.41) is 2.74. The molecule has 2 fully saturated rings. The van der Waals surface area contributed by atoms with Crippen LogP contribution in [0.15, 0.2) is 24.3 Å². The van der Waals surface area contributed by atoms with Crippen molar-refractivity contribution in [3.63, 3.8) is 0 Å². The third-order valence-corrected chi connectivity index (χ3v) is 5.78. The number of sulfonamides is 1. The van der Waals surface area contributed by atoms with Crippen molar-refractivity contribution in [3.8, 4) is 0 Å². The molecule has 2 heterocycles. The number of nitrogens with zero attached hydrogens (tertiary/aromatic N) is 2. The predicted octanol–water partition coefficient (Wildman–Crippen LogP) is -0.192. The number of fused-ring (bicyclic) bond motifs is 1. The maximum atomic E-state index is 12.5. The minimum atomic E-state index is -3.43. The van der Waals surface area contributed by atoms with Crippen LogP contribution < -0.4 is 11.1 Å². The summed E-state index contributed by atoms with van der Waals surface area (Å²) in [6, 6.07) is 6.80. The highest BCUT2D eigenvalue weighted by molar-refractivity contribution is 7.88. The lowest BCUT2D eigenvalue weighted by atomic mass is 10.2. The Bertz CT molecular complexity index is 661. The van der Waals surface area contributed by atoms with Gasteiger partial charge >= 0.3 is 6.03 Å². The van der Waals surface area contributed by atoms with E-state index in [9.17, 15) is 13.2 Å². The molecule has 1 aromatic rings. The molecule has 3 rings (SSSR count). The molecule has 3 N–H and O–H groups in total.